The van der Waals surface area contributed by atoms with Gasteiger partial charge in [-0.2, -0.15) is 0 Å². The number of nitrogens with zero attached hydrogens (tertiary/aromatic N) is 1. The first-order chi connectivity index (χ1) is 10.2. The minimum atomic E-state index is -0.490. The van der Waals surface area contributed by atoms with Crippen LogP contribution in [0.5, 0.6) is 0 Å². The van der Waals surface area contributed by atoms with E-state index in [-0.39, 0.29) is 24.2 Å². The lowest BCUT2D eigenvalue weighted by Gasteiger charge is -2.28. The Balaban J connectivity index is 2.10. The van der Waals surface area contributed by atoms with Crippen LogP contribution in [0.4, 0.5) is 0 Å². The molecule has 0 bridgehead atoms. The molecule has 0 aliphatic heterocycles. The fourth-order valence-electron chi connectivity index (χ4n) is 2.42. The van der Waals surface area contributed by atoms with Gasteiger partial charge in [0.05, 0.1) is 24.3 Å². The Kier molecular flexibility index (Phi) is 5.73. The van der Waals surface area contributed by atoms with Crippen molar-refractivity contribution in [2.45, 2.75) is 44.2 Å². The zero-order chi connectivity index (χ0) is 15.1. The summed E-state index contributed by atoms with van der Waals surface area (Å²) in [6, 6.07) is 3.23. The van der Waals surface area contributed by atoms with Crippen LogP contribution >= 0.6 is 0 Å². The predicted octanol–water partition coefficient (Wildman–Crippen LogP) is 0.849. The van der Waals surface area contributed by atoms with Crippen LogP contribution in [-0.2, 0) is 0 Å². The molecule has 1 aliphatic carbocycles. The molecule has 5 heteroatoms. The van der Waals surface area contributed by atoms with Crippen molar-refractivity contribution in [1.29, 1.82) is 0 Å². The first-order valence-corrected chi connectivity index (χ1v) is 7.26. The van der Waals surface area contributed by atoms with Crippen molar-refractivity contribution in [3.05, 3.63) is 29.6 Å². The molecule has 5 nitrogen and oxygen atoms in total. The molecule has 2 unspecified atom stereocenters. The standard InChI is InChI=1S/C16H20N2O3/c19-11-4-3-6-12-7-5-10-17-15(12)16(21)18-13-8-1-2-9-14(13)20/h5,7,10,13-14,19-20H,1-2,4,8-9,11H2,(H,18,21). The summed E-state index contributed by atoms with van der Waals surface area (Å²) in [6.45, 7) is -0.0109. The molecule has 1 aromatic heterocycles. The summed E-state index contributed by atoms with van der Waals surface area (Å²) in [5.74, 6) is 5.33. The molecule has 1 amide bonds. The highest BCUT2D eigenvalue weighted by atomic mass is 16.3. The minimum absolute atomic E-state index is 0.0109. The van der Waals surface area contributed by atoms with Gasteiger partial charge in [0.2, 0.25) is 0 Å². The third-order valence-electron chi connectivity index (χ3n) is 3.53. The second-order valence-corrected chi connectivity index (χ2v) is 5.11. The number of carbonyl (C=O) groups is 1. The van der Waals surface area contributed by atoms with Gasteiger partial charge in [0.25, 0.3) is 5.91 Å². The van der Waals surface area contributed by atoms with Crippen LogP contribution in [0.25, 0.3) is 0 Å². The molecule has 0 aromatic carbocycles. The maximum atomic E-state index is 12.3. The Morgan fingerprint density at radius 3 is 3.00 bits per heavy atom. The molecule has 1 heterocycles. The van der Waals surface area contributed by atoms with Gasteiger partial charge >= 0.3 is 0 Å². The van der Waals surface area contributed by atoms with E-state index in [1.54, 1.807) is 18.3 Å². The summed E-state index contributed by atoms with van der Waals surface area (Å²) in [5.41, 5.74) is 0.800. The Labute approximate surface area is 124 Å². The second-order valence-electron chi connectivity index (χ2n) is 5.11. The van der Waals surface area contributed by atoms with E-state index >= 15 is 0 Å². The normalized spacial score (nSPS) is 21.2. The lowest BCUT2D eigenvalue weighted by atomic mass is 9.92. The van der Waals surface area contributed by atoms with E-state index in [0.717, 1.165) is 25.7 Å². The lowest BCUT2D eigenvalue weighted by molar-refractivity contribution is 0.0713. The highest BCUT2D eigenvalue weighted by Gasteiger charge is 2.25. The van der Waals surface area contributed by atoms with Gasteiger partial charge in [-0.1, -0.05) is 24.7 Å². The molecule has 0 saturated heterocycles. The van der Waals surface area contributed by atoms with Gasteiger partial charge in [0.1, 0.15) is 5.69 Å². The molecule has 0 spiro atoms. The predicted molar refractivity (Wildman–Crippen MR) is 78.5 cm³/mol. The number of hydrogen-bond donors (Lipinski definition) is 3. The van der Waals surface area contributed by atoms with Gasteiger partial charge in [-0.05, 0) is 25.0 Å². The van der Waals surface area contributed by atoms with E-state index in [9.17, 15) is 9.90 Å². The smallest absolute Gasteiger partial charge is 0.271 e. The topological polar surface area (TPSA) is 82.5 Å². The average molecular weight is 288 g/mol. The number of aliphatic hydroxyl groups excluding tert-OH is 2. The molecule has 112 valence electrons. The molecule has 2 rings (SSSR count). The molecular formula is C16H20N2O3. The van der Waals surface area contributed by atoms with Gasteiger partial charge in [-0.25, -0.2) is 4.98 Å². The largest absolute Gasteiger partial charge is 0.395 e. The number of pyridine rings is 1. The number of hydrogen-bond acceptors (Lipinski definition) is 4. The third-order valence-corrected chi connectivity index (χ3v) is 3.53. The number of carbonyl (C=O) groups excluding carboxylic acids is 1. The second kappa shape index (κ2) is 7.77. The van der Waals surface area contributed by atoms with Gasteiger partial charge < -0.3 is 15.5 Å². The van der Waals surface area contributed by atoms with E-state index < -0.39 is 6.10 Å². The first kappa shape index (κ1) is 15.5. The van der Waals surface area contributed by atoms with Gasteiger partial charge in [0.15, 0.2) is 0 Å². The fraction of sp³-hybridized carbons (Fsp3) is 0.500. The van der Waals surface area contributed by atoms with Crippen LogP contribution in [-0.4, -0.2) is 39.9 Å². The molecular weight excluding hydrogens is 268 g/mol. The van der Waals surface area contributed by atoms with Crippen molar-refractivity contribution in [2.75, 3.05) is 6.61 Å². The Morgan fingerprint density at radius 2 is 2.24 bits per heavy atom. The van der Waals surface area contributed by atoms with Crippen molar-refractivity contribution < 1.29 is 15.0 Å². The van der Waals surface area contributed by atoms with E-state index in [1.807, 2.05) is 0 Å². The van der Waals surface area contributed by atoms with Crippen LogP contribution < -0.4 is 5.32 Å². The fourth-order valence-corrected chi connectivity index (χ4v) is 2.42. The molecule has 1 fully saturated rings. The summed E-state index contributed by atoms with van der Waals surface area (Å²) < 4.78 is 0. The molecule has 1 aliphatic rings. The number of aliphatic hydroxyl groups is 2. The van der Waals surface area contributed by atoms with Crippen LogP contribution in [0.2, 0.25) is 0 Å². The van der Waals surface area contributed by atoms with Crippen molar-refractivity contribution in [3.63, 3.8) is 0 Å². The lowest BCUT2D eigenvalue weighted by Crippen LogP contribution is -2.45. The molecule has 2 atom stereocenters. The SMILES string of the molecule is O=C(NC1CCCCC1O)c1ncccc1C#CCCO. The molecule has 21 heavy (non-hydrogen) atoms. The molecule has 3 N–H and O–H groups in total. The van der Waals surface area contributed by atoms with Crippen molar-refractivity contribution >= 4 is 5.91 Å². The summed E-state index contributed by atoms with van der Waals surface area (Å²) in [4.78, 5) is 16.4. The summed E-state index contributed by atoms with van der Waals surface area (Å²) in [7, 11) is 0. The van der Waals surface area contributed by atoms with E-state index in [0.29, 0.717) is 12.0 Å². The number of nitrogens with one attached hydrogen (secondary N) is 1. The van der Waals surface area contributed by atoms with Gasteiger partial charge in [-0.15, -0.1) is 0 Å². The summed E-state index contributed by atoms with van der Waals surface area (Å²) >= 11 is 0. The number of aromatic nitrogens is 1. The van der Waals surface area contributed by atoms with Crippen LogP contribution in [0.3, 0.4) is 0 Å². The molecule has 0 radical (unpaired) electrons. The highest BCUT2D eigenvalue weighted by molar-refractivity contribution is 5.94. The number of rotatable bonds is 3. The van der Waals surface area contributed by atoms with Gasteiger partial charge in [0, 0.05) is 12.6 Å². The molecule has 1 saturated carbocycles. The zero-order valence-electron chi connectivity index (χ0n) is 11.9. The van der Waals surface area contributed by atoms with E-state index in [4.69, 9.17) is 5.11 Å². The number of amides is 1. The van der Waals surface area contributed by atoms with Crippen LogP contribution in [0, 0.1) is 11.8 Å². The van der Waals surface area contributed by atoms with Crippen LogP contribution in [0.1, 0.15) is 48.2 Å². The maximum absolute atomic E-state index is 12.3. The van der Waals surface area contributed by atoms with Crippen molar-refractivity contribution in [3.8, 4) is 11.8 Å². The molecule has 1 aromatic rings. The third kappa shape index (κ3) is 4.28. The average Bonchev–Trinajstić information content (AvgIpc) is 2.50. The van der Waals surface area contributed by atoms with Gasteiger partial charge in [-0.3, -0.25) is 4.79 Å². The maximum Gasteiger partial charge on any atom is 0.271 e. The van der Waals surface area contributed by atoms with Crippen molar-refractivity contribution in [2.24, 2.45) is 0 Å². The zero-order valence-corrected chi connectivity index (χ0v) is 11.9. The first-order valence-electron chi connectivity index (χ1n) is 7.26. The summed E-state index contributed by atoms with van der Waals surface area (Å²) in [6.07, 6.45) is 4.92. The Morgan fingerprint density at radius 1 is 1.43 bits per heavy atom. The summed E-state index contributed by atoms with van der Waals surface area (Å²) in [5, 5.41) is 21.5. The Bertz CT molecular complexity index is 548. The quantitative estimate of drug-likeness (QED) is 0.720. The van der Waals surface area contributed by atoms with E-state index in [1.165, 1.54) is 0 Å². The highest BCUT2D eigenvalue weighted by Crippen LogP contribution is 2.18. The van der Waals surface area contributed by atoms with Crippen molar-refractivity contribution in [1.82, 2.24) is 10.3 Å². The monoisotopic (exact) mass is 288 g/mol. The Hall–Kier alpha value is -1.90. The van der Waals surface area contributed by atoms with E-state index in [2.05, 4.69) is 22.1 Å². The van der Waals surface area contributed by atoms with Crippen LogP contribution in [0.15, 0.2) is 18.3 Å². The minimum Gasteiger partial charge on any atom is -0.395 e.